The van der Waals surface area contributed by atoms with E-state index in [-0.39, 0.29) is 0 Å². The highest BCUT2D eigenvalue weighted by Gasteiger charge is 2.19. The fourth-order valence-corrected chi connectivity index (χ4v) is 3.30. The third kappa shape index (κ3) is 3.40. The summed E-state index contributed by atoms with van der Waals surface area (Å²) >= 11 is 1.94. The van der Waals surface area contributed by atoms with Gasteiger partial charge in [0, 0.05) is 11.8 Å². The molecule has 0 aromatic carbocycles. The first-order chi connectivity index (χ1) is 7.38. The van der Waals surface area contributed by atoms with Gasteiger partial charge in [-0.15, -0.1) is 0 Å². The summed E-state index contributed by atoms with van der Waals surface area (Å²) in [6, 6.07) is 0. The average Bonchev–Trinajstić information content (AvgIpc) is 2.76. The number of thioether (sulfide) groups is 1. The predicted molar refractivity (Wildman–Crippen MR) is 68.5 cm³/mol. The van der Waals surface area contributed by atoms with Gasteiger partial charge < -0.3 is 5.32 Å². The van der Waals surface area contributed by atoms with Crippen molar-refractivity contribution in [2.75, 3.05) is 13.1 Å². The number of amidine groups is 1. The normalized spacial score (nSPS) is 27.8. The second-order valence-corrected chi connectivity index (χ2v) is 5.97. The zero-order chi connectivity index (χ0) is 10.5. The number of hydrogen-bond acceptors (Lipinski definition) is 3. The molecule has 0 saturated heterocycles. The largest absolute Gasteiger partial charge is 0.365 e. The van der Waals surface area contributed by atoms with Gasteiger partial charge in [0.05, 0.1) is 6.54 Å². The summed E-state index contributed by atoms with van der Waals surface area (Å²) in [5, 5.41) is 5.46. The SMILES string of the molecule is CCC1CN=C(NCC2CCCCC2)S1. The minimum absolute atomic E-state index is 0.735. The highest BCUT2D eigenvalue weighted by molar-refractivity contribution is 8.14. The van der Waals surface area contributed by atoms with Crippen molar-refractivity contribution in [3.63, 3.8) is 0 Å². The molecule has 0 radical (unpaired) electrons. The monoisotopic (exact) mass is 226 g/mol. The Labute approximate surface area is 97.3 Å². The number of nitrogens with one attached hydrogen (secondary N) is 1. The van der Waals surface area contributed by atoms with Crippen LogP contribution in [0.25, 0.3) is 0 Å². The van der Waals surface area contributed by atoms with E-state index in [1.54, 1.807) is 0 Å². The van der Waals surface area contributed by atoms with Gasteiger partial charge in [-0.2, -0.15) is 0 Å². The molecule has 1 aliphatic carbocycles. The quantitative estimate of drug-likeness (QED) is 0.800. The van der Waals surface area contributed by atoms with Crippen LogP contribution in [0.1, 0.15) is 45.4 Å². The summed E-state index contributed by atoms with van der Waals surface area (Å²) in [7, 11) is 0. The lowest BCUT2D eigenvalue weighted by Crippen LogP contribution is -2.27. The van der Waals surface area contributed by atoms with Crippen molar-refractivity contribution in [2.45, 2.75) is 50.7 Å². The topological polar surface area (TPSA) is 24.4 Å². The highest BCUT2D eigenvalue weighted by atomic mass is 32.2. The van der Waals surface area contributed by atoms with Crippen molar-refractivity contribution < 1.29 is 0 Å². The second kappa shape index (κ2) is 5.78. The van der Waals surface area contributed by atoms with Crippen LogP contribution >= 0.6 is 11.8 Å². The van der Waals surface area contributed by atoms with Gasteiger partial charge in [0.15, 0.2) is 5.17 Å². The Morgan fingerprint density at radius 1 is 1.33 bits per heavy atom. The molecule has 0 bridgehead atoms. The standard InChI is InChI=1S/C12H22N2S/c1-2-11-9-14-12(15-11)13-8-10-6-4-3-5-7-10/h10-11H,2-9H2,1H3,(H,13,14). The zero-order valence-corrected chi connectivity index (χ0v) is 10.5. The van der Waals surface area contributed by atoms with E-state index in [0.29, 0.717) is 0 Å². The van der Waals surface area contributed by atoms with Gasteiger partial charge in [-0.3, -0.25) is 4.99 Å². The van der Waals surface area contributed by atoms with Gasteiger partial charge >= 0.3 is 0 Å². The molecule has 2 nitrogen and oxygen atoms in total. The summed E-state index contributed by atoms with van der Waals surface area (Å²) in [5.74, 6) is 0.905. The van der Waals surface area contributed by atoms with Crippen LogP contribution in [0.5, 0.6) is 0 Å². The Kier molecular flexibility index (Phi) is 4.36. The minimum Gasteiger partial charge on any atom is -0.365 e. The molecule has 86 valence electrons. The summed E-state index contributed by atoms with van der Waals surface area (Å²) < 4.78 is 0. The van der Waals surface area contributed by atoms with Crippen LogP contribution in [-0.2, 0) is 0 Å². The fourth-order valence-electron chi connectivity index (χ4n) is 2.35. The van der Waals surface area contributed by atoms with Crippen LogP contribution in [0.2, 0.25) is 0 Å². The summed E-state index contributed by atoms with van der Waals surface area (Å²) in [4.78, 5) is 4.54. The summed E-state index contributed by atoms with van der Waals surface area (Å²) in [6.45, 7) is 4.42. The van der Waals surface area contributed by atoms with Crippen LogP contribution < -0.4 is 5.32 Å². The Morgan fingerprint density at radius 3 is 2.80 bits per heavy atom. The third-order valence-corrected chi connectivity index (χ3v) is 4.75. The van der Waals surface area contributed by atoms with E-state index in [1.807, 2.05) is 11.8 Å². The Morgan fingerprint density at radius 2 is 2.13 bits per heavy atom. The van der Waals surface area contributed by atoms with Gasteiger partial charge in [-0.25, -0.2) is 0 Å². The van der Waals surface area contributed by atoms with Crippen molar-refractivity contribution in [1.82, 2.24) is 5.32 Å². The predicted octanol–water partition coefficient (Wildman–Crippen LogP) is 3.04. The first kappa shape index (κ1) is 11.3. The number of aliphatic imine (C=N–C) groups is 1. The van der Waals surface area contributed by atoms with Crippen molar-refractivity contribution >= 4 is 16.9 Å². The maximum atomic E-state index is 4.54. The van der Waals surface area contributed by atoms with Crippen molar-refractivity contribution in [3.8, 4) is 0 Å². The van der Waals surface area contributed by atoms with E-state index in [0.717, 1.165) is 24.3 Å². The highest BCUT2D eigenvalue weighted by Crippen LogP contribution is 2.25. The molecule has 15 heavy (non-hydrogen) atoms. The van der Waals surface area contributed by atoms with Gasteiger partial charge in [0.1, 0.15) is 0 Å². The molecule has 1 N–H and O–H groups in total. The van der Waals surface area contributed by atoms with Crippen LogP contribution in [0.3, 0.4) is 0 Å². The molecule has 1 heterocycles. The zero-order valence-electron chi connectivity index (χ0n) is 9.67. The van der Waals surface area contributed by atoms with Crippen molar-refractivity contribution in [2.24, 2.45) is 10.9 Å². The molecule has 1 fully saturated rings. The minimum atomic E-state index is 0.735. The van der Waals surface area contributed by atoms with Crippen LogP contribution in [0.15, 0.2) is 4.99 Å². The van der Waals surface area contributed by atoms with Gasteiger partial charge in [-0.05, 0) is 25.2 Å². The lowest BCUT2D eigenvalue weighted by molar-refractivity contribution is 0.357. The molecule has 0 spiro atoms. The maximum absolute atomic E-state index is 4.54. The van der Waals surface area contributed by atoms with Crippen LogP contribution in [0.4, 0.5) is 0 Å². The number of nitrogens with zero attached hydrogens (tertiary/aromatic N) is 1. The molecule has 1 saturated carbocycles. The van der Waals surface area contributed by atoms with E-state index in [2.05, 4.69) is 17.2 Å². The molecule has 1 aliphatic heterocycles. The molecule has 1 unspecified atom stereocenters. The first-order valence-electron chi connectivity index (χ1n) is 6.33. The average molecular weight is 226 g/mol. The van der Waals surface area contributed by atoms with Crippen molar-refractivity contribution in [3.05, 3.63) is 0 Å². The second-order valence-electron chi connectivity index (χ2n) is 4.68. The Hall–Kier alpha value is -0.180. The molecular weight excluding hydrogens is 204 g/mol. The Balaban J connectivity index is 1.65. The van der Waals surface area contributed by atoms with E-state index in [1.165, 1.54) is 43.7 Å². The van der Waals surface area contributed by atoms with Crippen LogP contribution in [0, 0.1) is 5.92 Å². The molecular formula is C12H22N2S. The molecule has 0 aromatic rings. The maximum Gasteiger partial charge on any atom is 0.156 e. The van der Waals surface area contributed by atoms with Gasteiger partial charge in [0.2, 0.25) is 0 Å². The summed E-state index contributed by atoms with van der Waals surface area (Å²) in [6.07, 6.45) is 8.39. The number of hydrogen-bond donors (Lipinski definition) is 1. The van der Waals surface area contributed by atoms with E-state index in [4.69, 9.17) is 0 Å². The smallest absolute Gasteiger partial charge is 0.156 e. The first-order valence-corrected chi connectivity index (χ1v) is 7.21. The van der Waals surface area contributed by atoms with E-state index >= 15 is 0 Å². The molecule has 2 aliphatic rings. The van der Waals surface area contributed by atoms with E-state index in [9.17, 15) is 0 Å². The van der Waals surface area contributed by atoms with E-state index < -0.39 is 0 Å². The van der Waals surface area contributed by atoms with Gasteiger partial charge in [0.25, 0.3) is 0 Å². The Bertz CT molecular complexity index is 222. The summed E-state index contributed by atoms with van der Waals surface area (Å²) in [5.41, 5.74) is 0. The molecule has 3 heteroatoms. The molecule has 2 rings (SSSR count). The molecule has 1 atom stereocenters. The van der Waals surface area contributed by atoms with Gasteiger partial charge in [-0.1, -0.05) is 37.9 Å². The fraction of sp³-hybridized carbons (Fsp3) is 0.917. The molecule has 0 amide bonds. The van der Waals surface area contributed by atoms with Crippen LogP contribution in [-0.4, -0.2) is 23.5 Å². The van der Waals surface area contributed by atoms with Crippen molar-refractivity contribution in [1.29, 1.82) is 0 Å². The molecule has 0 aromatic heterocycles. The number of rotatable bonds is 3. The lowest BCUT2D eigenvalue weighted by atomic mass is 9.89. The lowest BCUT2D eigenvalue weighted by Gasteiger charge is -2.22. The third-order valence-electron chi connectivity index (χ3n) is 3.44.